The normalized spacial score (nSPS) is 20.1. The van der Waals surface area contributed by atoms with Crippen molar-refractivity contribution in [2.45, 2.75) is 25.8 Å². The van der Waals surface area contributed by atoms with Gasteiger partial charge in [-0.3, -0.25) is 4.79 Å². The van der Waals surface area contributed by atoms with E-state index in [1.54, 1.807) is 4.90 Å². The number of carbonyl (C=O) groups excluding carboxylic acids is 1. The van der Waals surface area contributed by atoms with Gasteiger partial charge in [0.25, 0.3) is 0 Å². The van der Waals surface area contributed by atoms with Crippen LogP contribution in [0.4, 0.5) is 0 Å². The van der Waals surface area contributed by atoms with Gasteiger partial charge in [-0.05, 0) is 6.92 Å². The largest absolute Gasteiger partial charge is 0.378 e. The molecule has 1 aliphatic rings. The first-order valence-corrected chi connectivity index (χ1v) is 5.73. The van der Waals surface area contributed by atoms with Crippen LogP contribution >= 0.6 is 0 Å². The van der Waals surface area contributed by atoms with Gasteiger partial charge in [-0.25, -0.2) is 0 Å². The lowest BCUT2D eigenvalue weighted by molar-refractivity contribution is -0.132. The first-order chi connectivity index (χ1) is 7.77. The Morgan fingerprint density at radius 1 is 1.69 bits per heavy atom. The Balaban J connectivity index is 2.33. The maximum Gasteiger partial charge on any atom is 0.224 e. The lowest BCUT2D eigenvalue weighted by Crippen LogP contribution is -2.45. The van der Waals surface area contributed by atoms with Gasteiger partial charge in [0.05, 0.1) is 25.7 Å². The summed E-state index contributed by atoms with van der Waals surface area (Å²) in [5.41, 5.74) is 0. The maximum atomic E-state index is 11.9. The zero-order valence-corrected chi connectivity index (χ0v) is 9.74. The average molecular weight is 225 g/mol. The molecule has 0 saturated carbocycles. The monoisotopic (exact) mass is 225 g/mol. The van der Waals surface area contributed by atoms with Crippen LogP contribution in [0, 0.1) is 11.3 Å². The van der Waals surface area contributed by atoms with Crippen molar-refractivity contribution in [1.29, 1.82) is 5.26 Å². The van der Waals surface area contributed by atoms with Gasteiger partial charge in [0.1, 0.15) is 0 Å². The van der Waals surface area contributed by atoms with E-state index in [0.29, 0.717) is 32.5 Å². The Bertz CT molecular complexity index is 256. The summed E-state index contributed by atoms with van der Waals surface area (Å²) in [6.07, 6.45) is 0.855. The topological polar surface area (TPSA) is 65.4 Å². The van der Waals surface area contributed by atoms with Crippen molar-refractivity contribution in [2.24, 2.45) is 0 Å². The number of amides is 1. The Kier molecular flexibility index (Phi) is 5.83. The van der Waals surface area contributed by atoms with Crippen molar-refractivity contribution in [1.82, 2.24) is 10.2 Å². The van der Waals surface area contributed by atoms with Crippen molar-refractivity contribution < 1.29 is 9.53 Å². The van der Waals surface area contributed by atoms with E-state index in [1.807, 2.05) is 6.92 Å². The molecular formula is C11H19N3O2. The standard InChI is InChI=1S/C11H19N3O2/c1-2-14(6-3-4-12)11(15)8-10-9-16-7-5-13-10/h10,13H,2-3,5-9H2,1H3. The quantitative estimate of drug-likeness (QED) is 0.722. The van der Waals surface area contributed by atoms with Gasteiger partial charge in [-0.15, -0.1) is 0 Å². The zero-order chi connectivity index (χ0) is 11.8. The molecule has 0 radical (unpaired) electrons. The summed E-state index contributed by atoms with van der Waals surface area (Å²) in [6.45, 7) is 5.24. The number of hydrogen-bond acceptors (Lipinski definition) is 4. The predicted octanol–water partition coefficient (Wildman–Crippen LogP) is 0.127. The molecule has 0 aliphatic carbocycles. The summed E-state index contributed by atoms with van der Waals surface area (Å²) in [7, 11) is 0. The lowest BCUT2D eigenvalue weighted by atomic mass is 10.1. The summed E-state index contributed by atoms with van der Waals surface area (Å²) >= 11 is 0. The number of nitrogens with one attached hydrogen (secondary N) is 1. The fourth-order valence-corrected chi connectivity index (χ4v) is 1.73. The second-order valence-corrected chi connectivity index (χ2v) is 3.81. The Morgan fingerprint density at radius 3 is 3.06 bits per heavy atom. The van der Waals surface area contributed by atoms with E-state index < -0.39 is 0 Å². The van der Waals surface area contributed by atoms with Crippen LogP contribution in [0.1, 0.15) is 19.8 Å². The molecule has 5 nitrogen and oxygen atoms in total. The molecule has 1 fully saturated rings. The average Bonchev–Trinajstić information content (AvgIpc) is 2.31. The second-order valence-electron chi connectivity index (χ2n) is 3.81. The molecule has 1 N–H and O–H groups in total. The number of carbonyl (C=O) groups is 1. The first kappa shape index (κ1) is 12.9. The van der Waals surface area contributed by atoms with Crippen LogP contribution in [-0.4, -0.2) is 49.7 Å². The molecule has 1 amide bonds. The van der Waals surface area contributed by atoms with Crippen molar-refractivity contribution in [2.75, 3.05) is 32.8 Å². The minimum absolute atomic E-state index is 0.0979. The number of ether oxygens (including phenoxy) is 1. The molecule has 90 valence electrons. The fraction of sp³-hybridized carbons (Fsp3) is 0.818. The van der Waals surface area contributed by atoms with Gasteiger partial charge in [0, 0.05) is 32.1 Å². The van der Waals surface area contributed by atoms with Gasteiger partial charge < -0.3 is 15.0 Å². The molecule has 0 aromatic carbocycles. The van der Waals surface area contributed by atoms with Crippen molar-refractivity contribution in [3.63, 3.8) is 0 Å². The molecule has 5 heteroatoms. The maximum absolute atomic E-state index is 11.9. The Hall–Kier alpha value is -1.12. The summed E-state index contributed by atoms with van der Waals surface area (Å²) in [6, 6.07) is 2.18. The van der Waals surface area contributed by atoms with Gasteiger partial charge in [0.2, 0.25) is 5.91 Å². The number of nitrogens with zero attached hydrogens (tertiary/aromatic N) is 2. The SMILES string of the molecule is CCN(CCC#N)C(=O)CC1COCCN1. The molecule has 1 aliphatic heterocycles. The van der Waals surface area contributed by atoms with Crippen LogP contribution in [0.25, 0.3) is 0 Å². The fourth-order valence-electron chi connectivity index (χ4n) is 1.73. The predicted molar refractivity (Wildman–Crippen MR) is 59.7 cm³/mol. The molecule has 1 unspecified atom stereocenters. The van der Waals surface area contributed by atoms with E-state index in [2.05, 4.69) is 11.4 Å². The highest BCUT2D eigenvalue weighted by Gasteiger charge is 2.19. The molecule has 1 rings (SSSR count). The molecule has 1 saturated heterocycles. The molecule has 0 spiro atoms. The summed E-state index contributed by atoms with van der Waals surface area (Å²) < 4.78 is 5.29. The van der Waals surface area contributed by atoms with E-state index in [4.69, 9.17) is 10.00 Å². The van der Waals surface area contributed by atoms with Crippen LogP contribution in [0.5, 0.6) is 0 Å². The third kappa shape index (κ3) is 4.17. The van der Waals surface area contributed by atoms with Crippen LogP contribution in [-0.2, 0) is 9.53 Å². The third-order valence-electron chi connectivity index (χ3n) is 2.65. The minimum atomic E-state index is 0.0979. The molecule has 1 atom stereocenters. The molecular weight excluding hydrogens is 206 g/mol. The Morgan fingerprint density at radius 2 is 2.50 bits per heavy atom. The van der Waals surface area contributed by atoms with Crippen LogP contribution in [0.2, 0.25) is 0 Å². The summed E-state index contributed by atoms with van der Waals surface area (Å²) in [5, 5.41) is 11.7. The van der Waals surface area contributed by atoms with Crippen molar-refractivity contribution >= 4 is 5.91 Å². The van der Waals surface area contributed by atoms with Gasteiger partial charge in [-0.2, -0.15) is 5.26 Å². The number of morpholine rings is 1. The third-order valence-corrected chi connectivity index (χ3v) is 2.65. The molecule has 0 aromatic rings. The van der Waals surface area contributed by atoms with Crippen LogP contribution in [0.3, 0.4) is 0 Å². The number of nitriles is 1. The summed E-state index contributed by atoms with van der Waals surface area (Å²) in [5.74, 6) is 0.0979. The van der Waals surface area contributed by atoms with Crippen LogP contribution in [0.15, 0.2) is 0 Å². The highest BCUT2D eigenvalue weighted by Crippen LogP contribution is 2.03. The van der Waals surface area contributed by atoms with E-state index in [0.717, 1.165) is 13.2 Å². The molecule has 1 heterocycles. The lowest BCUT2D eigenvalue weighted by Gasteiger charge is -2.26. The first-order valence-electron chi connectivity index (χ1n) is 5.73. The smallest absolute Gasteiger partial charge is 0.224 e. The molecule has 16 heavy (non-hydrogen) atoms. The second kappa shape index (κ2) is 7.20. The molecule has 0 bridgehead atoms. The van der Waals surface area contributed by atoms with Crippen LogP contribution < -0.4 is 5.32 Å². The van der Waals surface area contributed by atoms with Crippen molar-refractivity contribution in [3.05, 3.63) is 0 Å². The van der Waals surface area contributed by atoms with Gasteiger partial charge in [0.15, 0.2) is 0 Å². The highest BCUT2D eigenvalue weighted by atomic mass is 16.5. The van der Waals surface area contributed by atoms with E-state index >= 15 is 0 Å². The highest BCUT2D eigenvalue weighted by molar-refractivity contribution is 5.76. The Labute approximate surface area is 96.4 Å². The zero-order valence-electron chi connectivity index (χ0n) is 9.74. The minimum Gasteiger partial charge on any atom is -0.378 e. The van der Waals surface area contributed by atoms with Gasteiger partial charge >= 0.3 is 0 Å². The summed E-state index contributed by atoms with van der Waals surface area (Å²) in [4.78, 5) is 13.6. The van der Waals surface area contributed by atoms with E-state index in [-0.39, 0.29) is 11.9 Å². The van der Waals surface area contributed by atoms with E-state index in [1.165, 1.54) is 0 Å². The van der Waals surface area contributed by atoms with E-state index in [9.17, 15) is 4.79 Å². The molecule has 0 aromatic heterocycles. The number of hydrogen-bond donors (Lipinski definition) is 1. The van der Waals surface area contributed by atoms with Crippen molar-refractivity contribution in [3.8, 4) is 6.07 Å². The van der Waals surface area contributed by atoms with Gasteiger partial charge in [-0.1, -0.05) is 0 Å². The number of rotatable bonds is 5.